The summed E-state index contributed by atoms with van der Waals surface area (Å²) in [6.45, 7) is 3.96. The summed E-state index contributed by atoms with van der Waals surface area (Å²) in [5, 5.41) is 0. The van der Waals surface area contributed by atoms with Crippen molar-refractivity contribution in [3.8, 4) is 11.5 Å². The third-order valence-corrected chi connectivity index (χ3v) is 4.02. The highest BCUT2D eigenvalue weighted by Gasteiger charge is 2.22. The fourth-order valence-corrected chi connectivity index (χ4v) is 2.78. The lowest BCUT2D eigenvalue weighted by Gasteiger charge is -2.09. The Hall–Kier alpha value is -3.08. The lowest BCUT2D eigenvalue weighted by atomic mass is 10.1. The van der Waals surface area contributed by atoms with Crippen LogP contribution in [-0.2, 0) is 16.0 Å². The number of carbonyl (C=O) groups is 1. The summed E-state index contributed by atoms with van der Waals surface area (Å²) in [4.78, 5) is 16.4. The smallest absolute Gasteiger partial charge is 0.363 e. The van der Waals surface area contributed by atoms with Crippen molar-refractivity contribution in [3.63, 3.8) is 0 Å². The molecule has 0 spiro atoms. The predicted octanol–water partition coefficient (Wildman–Crippen LogP) is 4.41. The monoisotopic (exact) mass is 365 g/mol. The van der Waals surface area contributed by atoms with Crippen molar-refractivity contribution in [1.29, 1.82) is 0 Å². The molecular formula is C22H23NO4. The van der Waals surface area contributed by atoms with Crippen LogP contribution in [0.1, 0.15) is 31.4 Å². The molecule has 0 aliphatic carbocycles. The zero-order chi connectivity index (χ0) is 19.2. The van der Waals surface area contributed by atoms with Gasteiger partial charge in [0.2, 0.25) is 0 Å². The second-order valence-electron chi connectivity index (χ2n) is 6.47. The van der Waals surface area contributed by atoms with E-state index in [0.29, 0.717) is 24.4 Å². The standard InChI is InChI=1S/C22H23NO4/c1-15(2)26-18-11-8-16(9-12-18)14-19-22(24)27-21(23-19)13-10-17-6-4-5-7-20(17)25-3/h4-9,11-12,14-15H,10,13H2,1-3H3/b19-14+. The summed E-state index contributed by atoms with van der Waals surface area (Å²) in [6.07, 6.45) is 3.06. The number of aryl methyl sites for hydroxylation is 1. The summed E-state index contributed by atoms with van der Waals surface area (Å²) < 4.78 is 16.3. The molecule has 2 aromatic rings. The minimum absolute atomic E-state index is 0.120. The van der Waals surface area contributed by atoms with Crippen LogP contribution >= 0.6 is 0 Å². The third kappa shape index (κ3) is 4.97. The van der Waals surface area contributed by atoms with Gasteiger partial charge in [0.1, 0.15) is 11.5 Å². The highest BCUT2D eigenvalue weighted by atomic mass is 16.6. The van der Waals surface area contributed by atoms with E-state index in [-0.39, 0.29) is 6.10 Å². The number of para-hydroxylation sites is 1. The van der Waals surface area contributed by atoms with Crippen LogP contribution in [0.3, 0.4) is 0 Å². The fraction of sp³-hybridized carbons (Fsp3) is 0.273. The van der Waals surface area contributed by atoms with E-state index in [1.54, 1.807) is 13.2 Å². The molecule has 0 N–H and O–H groups in total. The van der Waals surface area contributed by atoms with Gasteiger partial charge in [0.05, 0.1) is 13.2 Å². The fourth-order valence-electron chi connectivity index (χ4n) is 2.78. The Morgan fingerprint density at radius 1 is 1.07 bits per heavy atom. The van der Waals surface area contributed by atoms with Gasteiger partial charge in [-0.05, 0) is 55.7 Å². The van der Waals surface area contributed by atoms with Crippen LogP contribution in [0.25, 0.3) is 6.08 Å². The van der Waals surface area contributed by atoms with Crippen LogP contribution in [0.5, 0.6) is 11.5 Å². The van der Waals surface area contributed by atoms with Crippen molar-refractivity contribution >= 4 is 17.9 Å². The molecule has 0 aromatic heterocycles. The number of hydrogen-bond acceptors (Lipinski definition) is 5. The maximum absolute atomic E-state index is 12.1. The predicted molar refractivity (Wildman–Crippen MR) is 105 cm³/mol. The third-order valence-electron chi connectivity index (χ3n) is 4.02. The SMILES string of the molecule is COc1ccccc1CCC1=N/C(=C/c2ccc(OC(C)C)cc2)C(=O)O1. The van der Waals surface area contributed by atoms with E-state index in [2.05, 4.69) is 4.99 Å². The van der Waals surface area contributed by atoms with E-state index >= 15 is 0 Å². The Morgan fingerprint density at radius 2 is 1.81 bits per heavy atom. The second-order valence-corrected chi connectivity index (χ2v) is 6.47. The van der Waals surface area contributed by atoms with Crippen LogP contribution in [0.2, 0.25) is 0 Å². The van der Waals surface area contributed by atoms with Crippen LogP contribution in [0.15, 0.2) is 59.2 Å². The first-order chi connectivity index (χ1) is 13.0. The maximum Gasteiger partial charge on any atom is 0.363 e. The summed E-state index contributed by atoms with van der Waals surface area (Å²) in [6, 6.07) is 15.3. The van der Waals surface area contributed by atoms with Crippen molar-refractivity contribution in [3.05, 3.63) is 65.4 Å². The number of esters is 1. The summed E-state index contributed by atoms with van der Waals surface area (Å²) >= 11 is 0. The summed E-state index contributed by atoms with van der Waals surface area (Å²) in [5.74, 6) is 1.62. The number of cyclic esters (lactones) is 1. The second kappa shape index (κ2) is 8.54. The molecule has 0 unspecified atom stereocenters. The van der Waals surface area contributed by atoms with Gasteiger partial charge < -0.3 is 14.2 Å². The molecular weight excluding hydrogens is 342 g/mol. The van der Waals surface area contributed by atoms with Crippen molar-refractivity contribution < 1.29 is 19.0 Å². The largest absolute Gasteiger partial charge is 0.496 e. The van der Waals surface area contributed by atoms with Crippen molar-refractivity contribution in [2.45, 2.75) is 32.8 Å². The molecule has 1 heterocycles. The first-order valence-corrected chi connectivity index (χ1v) is 8.95. The molecule has 1 aliphatic heterocycles. The number of benzene rings is 2. The molecule has 3 rings (SSSR count). The lowest BCUT2D eigenvalue weighted by Crippen LogP contribution is -2.05. The van der Waals surface area contributed by atoms with Crippen molar-refractivity contribution in [2.24, 2.45) is 4.99 Å². The van der Waals surface area contributed by atoms with Gasteiger partial charge in [-0.25, -0.2) is 9.79 Å². The molecule has 5 heteroatoms. The van der Waals surface area contributed by atoms with Gasteiger partial charge in [-0.3, -0.25) is 0 Å². The Kier molecular flexibility index (Phi) is 5.91. The van der Waals surface area contributed by atoms with E-state index in [1.807, 2.05) is 62.4 Å². The van der Waals surface area contributed by atoms with E-state index in [9.17, 15) is 4.79 Å². The van der Waals surface area contributed by atoms with Gasteiger partial charge >= 0.3 is 5.97 Å². The highest BCUT2D eigenvalue weighted by Crippen LogP contribution is 2.22. The average Bonchev–Trinajstić information content (AvgIpc) is 3.01. The summed E-state index contributed by atoms with van der Waals surface area (Å²) in [7, 11) is 1.64. The van der Waals surface area contributed by atoms with Crippen molar-refractivity contribution in [1.82, 2.24) is 0 Å². The Morgan fingerprint density at radius 3 is 2.52 bits per heavy atom. The summed E-state index contributed by atoms with van der Waals surface area (Å²) in [5.41, 5.74) is 2.23. The van der Waals surface area contributed by atoms with E-state index in [4.69, 9.17) is 14.2 Å². The maximum atomic E-state index is 12.1. The minimum Gasteiger partial charge on any atom is -0.496 e. The van der Waals surface area contributed by atoms with E-state index in [0.717, 1.165) is 22.6 Å². The van der Waals surface area contributed by atoms with E-state index < -0.39 is 5.97 Å². The van der Waals surface area contributed by atoms with Gasteiger partial charge in [0.25, 0.3) is 0 Å². The molecule has 0 bridgehead atoms. The Bertz CT molecular complexity index is 866. The molecule has 0 fully saturated rings. The quantitative estimate of drug-likeness (QED) is 0.539. The number of carbonyl (C=O) groups excluding carboxylic acids is 1. The Balaban J connectivity index is 1.67. The number of hydrogen-bond donors (Lipinski definition) is 0. The first kappa shape index (κ1) is 18.7. The first-order valence-electron chi connectivity index (χ1n) is 8.95. The normalized spacial score (nSPS) is 15.0. The Labute approximate surface area is 159 Å². The van der Waals surface area contributed by atoms with Gasteiger partial charge in [0.15, 0.2) is 11.6 Å². The van der Waals surface area contributed by atoms with Crippen molar-refractivity contribution in [2.75, 3.05) is 7.11 Å². The molecule has 5 nitrogen and oxygen atoms in total. The van der Waals surface area contributed by atoms with Gasteiger partial charge in [-0.15, -0.1) is 0 Å². The molecule has 0 amide bonds. The van der Waals surface area contributed by atoms with Crippen LogP contribution in [0.4, 0.5) is 0 Å². The topological polar surface area (TPSA) is 57.1 Å². The van der Waals surface area contributed by atoms with Gasteiger partial charge in [-0.1, -0.05) is 30.3 Å². The highest BCUT2D eigenvalue weighted by molar-refractivity contribution is 6.07. The molecule has 0 radical (unpaired) electrons. The van der Waals surface area contributed by atoms with Crippen LogP contribution in [0, 0.1) is 0 Å². The molecule has 0 saturated heterocycles. The van der Waals surface area contributed by atoms with Gasteiger partial charge in [0, 0.05) is 6.42 Å². The lowest BCUT2D eigenvalue weighted by molar-refractivity contribution is -0.130. The zero-order valence-corrected chi connectivity index (χ0v) is 15.8. The number of methoxy groups -OCH3 is 1. The van der Waals surface area contributed by atoms with Crippen LogP contribution in [-0.4, -0.2) is 25.1 Å². The molecule has 27 heavy (non-hydrogen) atoms. The van der Waals surface area contributed by atoms with E-state index in [1.165, 1.54) is 0 Å². The number of ether oxygens (including phenoxy) is 3. The van der Waals surface area contributed by atoms with Crippen LogP contribution < -0.4 is 9.47 Å². The average molecular weight is 365 g/mol. The molecule has 0 saturated carbocycles. The van der Waals surface area contributed by atoms with Gasteiger partial charge in [-0.2, -0.15) is 0 Å². The molecule has 140 valence electrons. The number of aliphatic imine (C=N–C) groups is 1. The minimum atomic E-state index is -0.424. The molecule has 1 aliphatic rings. The number of nitrogens with zero attached hydrogens (tertiary/aromatic N) is 1. The molecule has 0 atom stereocenters. The molecule has 2 aromatic carbocycles. The zero-order valence-electron chi connectivity index (χ0n) is 15.8. The number of rotatable bonds is 7.